The van der Waals surface area contributed by atoms with Gasteiger partial charge in [-0.05, 0) is 18.4 Å². The Bertz CT molecular complexity index is 533. The number of rotatable bonds is 3. The van der Waals surface area contributed by atoms with E-state index in [0.29, 0.717) is 6.54 Å². The number of thiophene rings is 1. The molecule has 1 aromatic heterocycles. The predicted molar refractivity (Wildman–Crippen MR) is 73.3 cm³/mol. The zero-order valence-corrected chi connectivity index (χ0v) is 11.6. The largest absolute Gasteiger partial charge is 0.329 e. The first-order valence-electron chi connectivity index (χ1n) is 6.49. The van der Waals surface area contributed by atoms with Crippen molar-refractivity contribution in [3.8, 4) is 0 Å². The fourth-order valence-electron chi connectivity index (χ4n) is 2.62. The normalized spacial score (nSPS) is 17.3. The van der Waals surface area contributed by atoms with Crippen LogP contribution in [0, 0.1) is 0 Å². The van der Waals surface area contributed by atoms with Crippen LogP contribution in [0.25, 0.3) is 0 Å². The van der Waals surface area contributed by atoms with Crippen LogP contribution in [-0.4, -0.2) is 23.3 Å². The molecule has 0 unspecified atom stereocenters. The zero-order valence-electron chi connectivity index (χ0n) is 10.7. The van der Waals surface area contributed by atoms with E-state index in [1.807, 2.05) is 4.90 Å². The van der Waals surface area contributed by atoms with Gasteiger partial charge in [-0.3, -0.25) is 10.1 Å². The number of hydrogen-bond donors (Lipinski definition) is 1. The van der Waals surface area contributed by atoms with Gasteiger partial charge in [0.15, 0.2) is 0 Å². The maximum Gasteiger partial charge on any atom is 0.246 e. The molecule has 18 heavy (non-hydrogen) atoms. The fourth-order valence-corrected chi connectivity index (χ4v) is 3.79. The van der Waals surface area contributed by atoms with E-state index < -0.39 is 0 Å². The molecule has 0 atom stereocenters. The second kappa shape index (κ2) is 4.39. The summed E-state index contributed by atoms with van der Waals surface area (Å²) in [5.74, 6) is 0.788. The van der Waals surface area contributed by atoms with Gasteiger partial charge >= 0.3 is 0 Å². The molecule has 3 rings (SSSR count). The van der Waals surface area contributed by atoms with Crippen LogP contribution in [0.3, 0.4) is 0 Å². The molecule has 0 spiro atoms. The molecule has 0 aliphatic carbocycles. The van der Waals surface area contributed by atoms with Crippen molar-refractivity contribution < 1.29 is 4.79 Å². The average molecular weight is 263 g/mol. The molecule has 5 heteroatoms. The van der Waals surface area contributed by atoms with Gasteiger partial charge < -0.3 is 4.90 Å². The molecule has 3 heterocycles. The third-order valence-corrected chi connectivity index (χ3v) is 4.75. The minimum Gasteiger partial charge on any atom is -0.329 e. The maximum absolute atomic E-state index is 11.4. The number of hydrogen-bond acceptors (Lipinski definition) is 4. The minimum atomic E-state index is 0.0525. The van der Waals surface area contributed by atoms with Gasteiger partial charge in [0, 0.05) is 17.0 Å². The number of nitrogens with one attached hydrogen (secondary N) is 1. The number of aryl methyl sites for hydroxylation is 1. The molecular formula is C13H17N3OS. The van der Waals surface area contributed by atoms with Gasteiger partial charge in [-0.15, -0.1) is 11.3 Å². The molecule has 96 valence electrons. The Hall–Kier alpha value is -1.36. The highest BCUT2D eigenvalue weighted by atomic mass is 32.1. The highest BCUT2D eigenvalue weighted by molar-refractivity contribution is 7.16. The summed E-state index contributed by atoms with van der Waals surface area (Å²) in [5, 5.41) is 3.92. The van der Waals surface area contributed by atoms with Crippen LogP contribution in [-0.2, 0) is 24.2 Å². The smallest absolute Gasteiger partial charge is 0.246 e. The lowest BCUT2D eigenvalue weighted by molar-refractivity contribution is -0.118. The average Bonchev–Trinajstić information content (AvgIpc) is 2.86. The van der Waals surface area contributed by atoms with Crippen molar-refractivity contribution in [1.82, 2.24) is 10.2 Å². The van der Waals surface area contributed by atoms with Gasteiger partial charge in [0.2, 0.25) is 11.9 Å². The van der Waals surface area contributed by atoms with Gasteiger partial charge in [0.1, 0.15) is 11.5 Å². The lowest BCUT2D eigenvalue weighted by atomic mass is 10.0. The Kier molecular flexibility index (Phi) is 2.86. The van der Waals surface area contributed by atoms with Gasteiger partial charge in [0.05, 0.1) is 0 Å². The van der Waals surface area contributed by atoms with Crippen molar-refractivity contribution in [2.45, 2.75) is 39.7 Å². The first kappa shape index (κ1) is 11.7. The van der Waals surface area contributed by atoms with Gasteiger partial charge in [0.25, 0.3) is 0 Å². The van der Waals surface area contributed by atoms with E-state index in [1.165, 1.54) is 16.0 Å². The Balaban J connectivity index is 2.02. The maximum atomic E-state index is 11.4. The van der Waals surface area contributed by atoms with Gasteiger partial charge in [-0.2, -0.15) is 0 Å². The van der Waals surface area contributed by atoms with Crippen LogP contribution in [0.4, 0.5) is 5.00 Å². The Morgan fingerprint density at radius 3 is 2.94 bits per heavy atom. The van der Waals surface area contributed by atoms with Crippen LogP contribution in [0.2, 0.25) is 0 Å². The summed E-state index contributed by atoms with van der Waals surface area (Å²) in [7, 11) is 0. The third-order valence-electron chi connectivity index (χ3n) is 3.44. The number of amides is 1. The predicted octanol–water partition coefficient (Wildman–Crippen LogP) is 2.20. The Labute approximate surface area is 111 Å². The standard InChI is InChI=1S/C13H17N3OS/c1-3-5-8-9-6-16-7-11(17)14-13(16)15-12(9)18-10(8)4-2/h3-7H2,1-2H3,(H,14,15,17). The van der Waals surface area contributed by atoms with Crippen LogP contribution in [0.5, 0.6) is 0 Å². The number of carbonyl (C=O) groups excluding carboxylic acids is 1. The Morgan fingerprint density at radius 1 is 1.39 bits per heavy atom. The molecule has 0 radical (unpaired) electrons. The second-order valence-corrected chi connectivity index (χ2v) is 5.81. The molecule has 1 amide bonds. The second-order valence-electron chi connectivity index (χ2n) is 4.73. The first-order valence-corrected chi connectivity index (χ1v) is 7.31. The molecule has 1 saturated heterocycles. The summed E-state index contributed by atoms with van der Waals surface area (Å²) in [4.78, 5) is 19.5. The summed E-state index contributed by atoms with van der Waals surface area (Å²) in [6.45, 7) is 5.69. The highest BCUT2D eigenvalue weighted by Crippen LogP contribution is 2.40. The molecule has 4 nitrogen and oxygen atoms in total. The summed E-state index contributed by atoms with van der Waals surface area (Å²) in [6, 6.07) is 0. The van der Waals surface area contributed by atoms with Crippen molar-refractivity contribution in [2.75, 3.05) is 6.54 Å². The summed E-state index contributed by atoms with van der Waals surface area (Å²) in [5.41, 5.74) is 2.82. The topological polar surface area (TPSA) is 44.7 Å². The minimum absolute atomic E-state index is 0.0525. The van der Waals surface area contributed by atoms with E-state index in [-0.39, 0.29) is 5.91 Å². The van der Waals surface area contributed by atoms with E-state index in [0.717, 1.165) is 36.8 Å². The van der Waals surface area contributed by atoms with Crippen LogP contribution >= 0.6 is 11.3 Å². The van der Waals surface area contributed by atoms with Crippen LogP contribution in [0.15, 0.2) is 4.99 Å². The van der Waals surface area contributed by atoms with Crippen molar-refractivity contribution >= 4 is 28.2 Å². The van der Waals surface area contributed by atoms with Crippen LogP contribution in [0.1, 0.15) is 36.3 Å². The zero-order chi connectivity index (χ0) is 12.7. The number of nitrogens with zero attached hydrogens (tertiary/aromatic N) is 2. The summed E-state index contributed by atoms with van der Waals surface area (Å²) >= 11 is 1.79. The summed E-state index contributed by atoms with van der Waals surface area (Å²) in [6.07, 6.45) is 3.35. The quantitative estimate of drug-likeness (QED) is 0.908. The van der Waals surface area contributed by atoms with E-state index in [2.05, 4.69) is 24.2 Å². The Morgan fingerprint density at radius 2 is 2.22 bits per heavy atom. The van der Waals surface area contributed by atoms with Crippen molar-refractivity contribution in [3.05, 3.63) is 16.0 Å². The molecular weight excluding hydrogens is 246 g/mol. The number of guanidine groups is 1. The van der Waals surface area contributed by atoms with Crippen LogP contribution < -0.4 is 5.32 Å². The molecule has 0 bridgehead atoms. The van der Waals surface area contributed by atoms with E-state index in [4.69, 9.17) is 0 Å². The lowest BCUT2D eigenvalue weighted by Crippen LogP contribution is -2.31. The molecule has 1 fully saturated rings. The van der Waals surface area contributed by atoms with Crippen molar-refractivity contribution in [1.29, 1.82) is 0 Å². The molecule has 1 N–H and O–H groups in total. The van der Waals surface area contributed by atoms with Gasteiger partial charge in [-0.25, -0.2) is 4.99 Å². The molecule has 1 aromatic rings. The van der Waals surface area contributed by atoms with E-state index in [1.54, 1.807) is 11.3 Å². The molecule has 2 aliphatic heterocycles. The number of aliphatic imine (C=N–C) groups is 1. The van der Waals surface area contributed by atoms with E-state index in [9.17, 15) is 4.79 Å². The SMILES string of the molecule is CCCc1c(CC)sc2c1CN1CC(=O)NC1=N2. The highest BCUT2D eigenvalue weighted by Gasteiger charge is 2.31. The number of fused-ring (bicyclic) bond motifs is 2. The molecule has 0 aromatic carbocycles. The molecule has 0 saturated carbocycles. The third kappa shape index (κ3) is 1.73. The monoisotopic (exact) mass is 263 g/mol. The fraction of sp³-hybridized carbons (Fsp3) is 0.538. The van der Waals surface area contributed by atoms with E-state index >= 15 is 0 Å². The van der Waals surface area contributed by atoms with Crippen molar-refractivity contribution in [3.63, 3.8) is 0 Å². The first-order chi connectivity index (χ1) is 8.72. The van der Waals surface area contributed by atoms with Crippen molar-refractivity contribution in [2.24, 2.45) is 4.99 Å². The summed E-state index contributed by atoms with van der Waals surface area (Å²) < 4.78 is 0. The number of carbonyl (C=O) groups is 1. The lowest BCUT2D eigenvalue weighted by Gasteiger charge is -2.21. The molecule has 2 aliphatic rings. The van der Waals surface area contributed by atoms with Gasteiger partial charge in [-0.1, -0.05) is 20.3 Å².